The summed E-state index contributed by atoms with van der Waals surface area (Å²) in [4.78, 5) is 23.6. The molecule has 0 spiro atoms. The van der Waals surface area contributed by atoms with Crippen LogP contribution < -0.4 is 20.9 Å². The van der Waals surface area contributed by atoms with Crippen molar-refractivity contribution in [3.8, 4) is 0 Å². The lowest BCUT2D eigenvalue weighted by atomic mass is 10.1. The molecule has 2 aromatic carbocycles. The first kappa shape index (κ1) is 20.9. The second-order valence-corrected chi connectivity index (χ2v) is 7.87. The fourth-order valence-corrected chi connectivity index (χ4v) is 3.72. The van der Waals surface area contributed by atoms with Gasteiger partial charge in [-0.1, -0.05) is 23.7 Å². The van der Waals surface area contributed by atoms with Crippen molar-refractivity contribution in [2.24, 2.45) is 0 Å². The lowest BCUT2D eigenvalue weighted by molar-refractivity contribution is 0.262. The first-order chi connectivity index (χ1) is 15.1. The molecule has 160 valence electrons. The van der Waals surface area contributed by atoms with Crippen LogP contribution in [0, 0.1) is 6.92 Å². The second kappa shape index (κ2) is 9.66. The normalized spacial score (nSPS) is 13.5. The van der Waals surface area contributed by atoms with Crippen LogP contribution in [-0.4, -0.2) is 29.1 Å². The summed E-state index contributed by atoms with van der Waals surface area (Å²) in [7, 11) is 0. The summed E-state index contributed by atoms with van der Waals surface area (Å²) in [5.41, 5.74) is 2.10. The van der Waals surface area contributed by atoms with E-state index in [9.17, 15) is 4.79 Å². The third kappa shape index (κ3) is 5.64. The van der Waals surface area contributed by atoms with Gasteiger partial charge in [0.25, 0.3) is 0 Å². The van der Waals surface area contributed by atoms with E-state index in [0.717, 1.165) is 36.2 Å². The van der Waals surface area contributed by atoms with Gasteiger partial charge < -0.3 is 20.9 Å². The van der Waals surface area contributed by atoms with Gasteiger partial charge in [-0.05, 0) is 62.6 Å². The van der Waals surface area contributed by atoms with E-state index in [0.29, 0.717) is 16.4 Å². The molecule has 3 N–H and O–H groups in total. The summed E-state index contributed by atoms with van der Waals surface area (Å²) in [5.74, 6) is 2.45. The summed E-state index contributed by atoms with van der Waals surface area (Å²) in [6.45, 7) is 3.97. The molecular formula is C23H25ClN6O. The summed E-state index contributed by atoms with van der Waals surface area (Å²) in [6, 6.07) is 16.2. The van der Waals surface area contributed by atoms with Crippen molar-refractivity contribution < 1.29 is 4.79 Å². The lowest BCUT2D eigenvalue weighted by Crippen LogP contribution is -2.30. The Kier molecular flexibility index (Phi) is 6.52. The molecule has 1 aliphatic rings. The van der Waals surface area contributed by atoms with Gasteiger partial charge in [-0.15, -0.1) is 0 Å². The molecule has 0 atom stereocenters. The first-order valence-corrected chi connectivity index (χ1v) is 10.7. The van der Waals surface area contributed by atoms with Crippen molar-refractivity contribution in [2.75, 3.05) is 33.9 Å². The summed E-state index contributed by atoms with van der Waals surface area (Å²) >= 11 is 6.08. The minimum atomic E-state index is -0.355. The SMILES string of the molecule is Cc1nc(Nc2ccc(NC(=O)Nc3ccccc3Cl)cc2)cc(N2CCCCC2)n1. The summed E-state index contributed by atoms with van der Waals surface area (Å²) in [6.07, 6.45) is 3.68. The number of benzene rings is 2. The molecule has 8 heteroatoms. The first-order valence-electron chi connectivity index (χ1n) is 10.4. The highest BCUT2D eigenvalue weighted by Crippen LogP contribution is 2.24. The van der Waals surface area contributed by atoms with Crippen LogP contribution in [0.4, 0.5) is 33.5 Å². The number of hydrogen-bond donors (Lipinski definition) is 3. The zero-order valence-corrected chi connectivity index (χ0v) is 18.1. The van der Waals surface area contributed by atoms with E-state index in [1.807, 2.05) is 49.4 Å². The number of anilines is 5. The maximum absolute atomic E-state index is 12.2. The van der Waals surface area contributed by atoms with E-state index in [4.69, 9.17) is 11.6 Å². The molecule has 0 radical (unpaired) electrons. The lowest BCUT2D eigenvalue weighted by Gasteiger charge is -2.28. The van der Waals surface area contributed by atoms with E-state index >= 15 is 0 Å². The standard InChI is InChI=1S/C23H25ClN6O/c1-16-25-21(15-22(26-16)30-13-5-2-6-14-30)27-17-9-11-18(12-10-17)28-23(31)29-20-8-4-3-7-19(20)24/h3-4,7-12,15H,2,5-6,13-14H2,1H3,(H,25,26,27)(H2,28,29,31). The summed E-state index contributed by atoms with van der Waals surface area (Å²) < 4.78 is 0. The predicted molar refractivity (Wildman–Crippen MR) is 127 cm³/mol. The van der Waals surface area contributed by atoms with Crippen LogP contribution in [0.3, 0.4) is 0 Å². The topological polar surface area (TPSA) is 82.2 Å². The second-order valence-electron chi connectivity index (χ2n) is 7.47. The predicted octanol–water partition coefficient (Wildman–Crippen LogP) is 5.82. The van der Waals surface area contributed by atoms with Gasteiger partial charge in [-0.2, -0.15) is 0 Å². The van der Waals surface area contributed by atoms with E-state index in [1.165, 1.54) is 19.3 Å². The number of rotatable bonds is 5. The van der Waals surface area contributed by atoms with Gasteiger partial charge in [-0.25, -0.2) is 14.8 Å². The van der Waals surface area contributed by atoms with Gasteiger partial charge in [0, 0.05) is 30.5 Å². The van der Waals surface area contributed by atoms with Gasteiger partial charge in [0.05, 0.1) is 10.7 Å². The van der Waals surface area contributed by atoms with E-state index in [1.54, 1.807) is 12.1 Å². The zero-order chi connectivity index (χ0) is 21.6. The molecule has 0 unspecified atom stereocenters. The van der Waals surface area contributed by atoms with E-state index in [2.05, 4.69) is 30.8 Å². The third-order valence-corrected chi connectivity index (χ3v) is 5.37. The number of amides is 2. The molecule has 3 aromatic rings. The Bertz CT molecular complexity index is 1050. The van der Waals surface area contributed by atoms with Crippen molar-refractivity contribution in [1.29, 1.82) is 0 Å². The van der Waals surface area contributed by atoms with Crippen LogP contribution >= 0.6 is 11.6 Å². The highest BCUT2D eigenvalue weighted by atomic mass is 35.5. The number of urea groups is 1. The number of aromatic nitrogens is 2. The molecule has 0 saturated carbocycles. The number of hydrogen-bond acceptors (Lipinski definition) is 5. The van der Waals surface area contributed by atoms with Crippen LogP contribution in [-0.2, 0) is 0 Å². The van der Waals surface area contributed by atoms with Crippen molar-refractivity contribution >= 4 is 46.3 Å². The van der Waals surface area contributed by atoms with E-state index < -0.39 is 0 Å². The van der Waals surface area contributed by atoms with Gasteiger partial charge >= 0.3 is 6.03 Å². The molecule has 0 bridgehead atoms. The molecule has 7 nitrogen and oxygen atoms in total. The van der Waals surface area contributed by atoms with Gasteiger partial charge in [0.2, 0.25) is 0 Å². The maximum Gasteiger partial charge on any atom is 0.323 e. The minimum Gasteiger partial charge on any atom is -0.356 e. The van der Waals surface area contributed by atoms with Crippen LogP contribution in [0.15, 0.2) is 54.6 Å². The van der Waals surface area contributed by atoms with Crippen LogP contribution in [0.1, 0.15) is 25.1 Å². The third-order valence-electron chi connectivity index (χ3n) is 5.04. The molecule has 1 aliphatic heterocycles. The Morgan fingerprint density at radius 3 is 2.39 bits per heavy atom. The van der Waals surface area contributed by atoms with Crippen LogP contribution in [0.2, 0.25) is 5.02 Å². The molecular weight excluding hydrogens is 412 g/mol. The van der Waals surface area contributed by atoms with Crippen molar-refractivity contribution in [2.45, 2.75) is 26.2 Å². The van der Waals surface area contributed by atoms with Crippen LogP contribution in [0.25, 0.3) is 0 Å². The monoisotopic (exact) mass is 436 g/mol. The Hall–Kier alpha value is -3.32. The molecule has 2 heterocycles. The Morgan fingerprint density at radius 2 is 1.65 bits per heavy atom. The number of carbonyl (C=O) groups excluding carboxylic acids is 1. The Morgan fingerprint density at radius 1 is 0.935 bits per heavy atom. The molecule has 0 aliphatic carbocycles. The van der Waals surface area contributed by atoms with Crippen molar-refractivity contribution in [3.63, 3.8) is 0 Å². The van der Waals surface area contributed by atoms with Gasteiger partial charge in [0.1, 0.15) is 17.5 Å². The average Bonchev–Trinajstić information content (AvgIpc) is 2.77. The highest BCUT2D eigenvalue weighted by molar-refractivity contribution is 6.33. The number of nitrogens with zero attached hydrogens (tertiary/aromatic N) is 3. The quantitative estimate of drug-likeness (QED) is 0.469. The van der Waals surface area contributed by atoms with Crippen molar-refractivity contribution in [3.05, 3.63) is 65.4 Å². The van der Waals surface area contributed by atoms with Crippen molar-refractivity contribution in [1.82, 2.24) is 9.97 Å². The van der Waals surface area contributed by atoms with Gasteiger partial charge in [0.15, 0.2) is 0 Å². The van der Waals surface area contributed by atoms with Crippen LogP contribution in [0.5, 0.6) is 0 Å². The zero-order valence-electron chi connectivity index (χ0n) is 17.4. The number of piperidine rings is 1. The molecule has 31 heavy (non-hydrogen) atoms. The Balaban J connectivity index is 1.39. The molecule has 1 fully saturated rings. The number of halogens is 1. The number of aryl methyl sites for hydroxylation is 1. The largest absolute Gasteiger partial charge is 0.356 e. The maximum atomic E-state index is 12.2. The fraction of sp³-hybridized carbons (Fsp3) is 0.261. The molecule has 1 aromatic heterocycles. The van der Waals surface area contributed by atoms with E-state index in [-0.39, 0.29) is 6.03 Å². The molecule has 4 rings (SSSR count). The smallest absolute Gasteiger partial charge is 0.323 e. The Labute approximate surface area is 186 Å². The fourth-order valence-electron chi connectivity index (χ4n) is 3.53. The average molecular weight is 437 g/mol. The number of carbonyl (C=O) groups is 1. The highest BCUT2D eigenvalue weighted by Gasteiger charge is 2.14. The van der Waals surface area contributed by atoms with Gasteiger partial charge in [-0.3, -0.25) is 0 Å². The molecule has 1 saturated heterocycles. The number of para-hydroxylation sites is 1. The number of nitrogens with one attached hydrogen (secondary N) is 3. The minimum absolute atomic E-state index is 0.355. The summed E-state index contributed by atoms with van der Waals surface area (Å²) in [5, 5.41) is 9.35. The molecule has 2 amide bonds.